The molecular formula is C18H17NO2. The van der Waals surface area contributed by atoms with E-state index in [9.17, 15) is 4.79 Å². The Morgan fingerprint density at radius 2 is 1.71 bits per heavy atom. The van der Waals surface area contributed by atoms with Gasteiger partial charge < -0.3 is 9.30 Å². The van der Waals surface area contributed by atoms with E-state index in [-0.39, 0.29) is 5.97 Å². The Balaban J connectivity index is 2.14. The molecule has 0 unspecified atom stereocenters. The Morgan fingerprint density at radius 3 is 2.43 bits per heavy atom. The molecule has 3 rings (SSSR count). The van der Waals surface area contributed by atoms with Crippen molar-refractivity contribution in [3.05, 3.63) is 65.9 Å². The lowest BCUT2D eigenvalue weighted by atomic mass is 10.2. The molecule has 106 valence electrons. The Labute approximate surface area is 123 Å². The molecule has 21 heavy (non-hydrogen) atoms. The number of rotatable bonds is 3. The lowest BCUT2D eigenvalue weighted by Gasteiger charge is -2.08. The monoisotopic (exact) mass is 279 g/mol. The molecule has 0 spiro atoms. The third kappa shape index (κ3) is 2.55. The third-order valence-electron chi connectivity index (χ3n) is 3.60. The van der Waals surface area contributed by atoms with Crippen LogP contribution in [0.3, 0.4) is 0 Å². The van der Waals surface area contributed by atoms with Crippen LogP contribution in [0, 0.1) is 6.92 Å². The molecule has 1 heterocycles. The standard InChI is InChI=1S/C18H17NO2/c1-13-18(21-14(2)20)16-10-6-7-11-17(16)19(13)12-15-8-4-3-5-9-15/h3-11H,12H2,1-2H3. The average Bonchev–Trinajstić information content (AvgIpc) is 2.74. The maximum atomic E-state index is 11.3. The first-order chi connectivity index (χ1) is 10.2. The zero-order valence-electron chi connectivity index (χ0n) is 12.2. The molecular weight excluding hydrogens is 262 g/mol. The summed E-state index contributed by atoms with van der Waals surface area (Å²) < 4.78 is 7.60. The Bertz CT molecular complexity index is 788. The van der Waals surface area contributed by atoms with E-state index in [0.717, 1.165) is 23.1 Å². The minimum absolute atomic E-state index is 0.291. The van der Waals surface area contributed by atoms with Crippen LogP contribution in [0.2, 0.25) is 0 Å². The lowest BCUT2D eigenvalue weighted by molar-refractivity contribution is -0.131. The number of aromatic nitrogens is 1. The van der Waals surface area contributed by atoms with Crippen molar-refractivity contribution in [3.63, 3.8) is 0 Å². The van der Waals surface area contributed by atoms with E-state index in [2.05, 4.69) is 22.8 Å². The van der Waals surface area contributed by atoms with Crippen molar-refractivity contribution in [1.82, 2.24) is 4.57 Å². The van der Waals surface area contributed by atoms with Crippen LogP contribution in [0.4, 0.5) is 0 Å². The van der Waals surface area contributed by atoms with Gasteiger partial charge in [-0.2, -0.15) is 0 Å². The van der Waals surface area contributed by atoms with Crippen LogP contribution >= 0.6 is 0 Å². The van der Waals surface area contributed by atoms with Crippen LogP contribution in [0.25, 0.3) is 10.9 Å². The number of hydrogen-bond donors (Lipinski definition) is 0. The highest BCUT2D eigenvalue weighted by Gasteiger charge is 2.16. The summed E-state index contributed by atoms with van der Waals surface area (Å²) in [6.45, 7) is 4.18. The van der Waals surface area contributed by atoms with Crippen LogP contribution < -0.4 is 4.74 Å². The van der Waals surface area contributed by atoms with Crippen molar-refractivity contribution >= 4 is 16.9 Å². The molecule has 0 atom stereocenters. The Kier molecular flexibility index (Phi) is 3.48. The van der Waals surface area contributed by atoms with Gasteiger partial charge in [0.1, 0.15) is 0 Å². The predicted octanol–water partition coefficient (Wildman–Crippen LogP) is 3.92. The van der Waals surface area contributed by atoms with E-state index in [1.54, 1.807) is 0 Å². The summed E-state index contributed by atoms with van der Waals surface area (Å²) in [5.41, 5.74) is 3.26. The number of hydrogen-bond acceptors (Lipinski definition) is 2. The number of fused-ring (bicyclic) bond motifs is 1. The maximum Gasteiger partial charge on any atom is 0.308 e. The lowest BCUT2D eigenvalue weighted by Crippen LogP contribution is -2.05. The molecule has 0 saturated carbocycles. The predicted molar refractivity (Wildman–Crippen MR) is 83.5 cm³/mol. The highest BCUT2D eigenvalue weighted by molar-refractivity contribution is 5.90. The van der Waals surface area contributed by atoms with Gasteiger partial charge in [0, 0.05) is 18.9 Å². The molecule has 0 aliphatic carbocycles. The van der Waals surface area contributed by atoms with Gasteiger partial charge in [0.05, 0.1) is 11.2 Å². The van der Waals surface area contributed by atoms with Crippen molar-refractivity contribution in [3.8, 4) is 5.75 Å². The topological polar surface area (TPSA) is 31.2 Å². The van der Waals surface area contributed by atoms with Crippen molar-refractivity contribution in [2.45, 2.75) is 20.4 Å². The van der Waals surface area contributed by atoms with Gasteiger partial charge >= 0.3 is 5.97 Å². The second kappa shape index (κ2) is 5.44. The molecule has 0 saturated heterocycles. The molecule has 0 radical (unpaired) electrons. The zero-order chi connectivity index (χ0) is 14.8. The summed E-state index contributed by atoms with van der Waals surface area (Å²) in [5.74, 6) is 0.370. The van der Waals surface area contributed by atoms with Crippen LogP contribution in [0.1, 0.15) is 18.2 Å². The van der Waals surface area contributed by atoms with Crippen LogP contribution in [-0.2, 0) is 11.3 Å². The van der Waals surface area contributed by atoms with Crippen LogP contribution in [-0.4, -0.2) is 10.5 Å². The Morgan fingerprint density at radius 1 is 1.05 bits per heavy atom. The van der Waals surface area contributed by atoms with E-state index in [1.807, 2.05) is 43.3 Å². The van der Waals surface area contributed by atoms with Gasteiger partial charge in [0.2, 0.25) is 0 Å². The summed E-state index contributed by atoms with van der Waals surface area (Å²) in [5, 5.41) is 0.973. The third-order valence-corrected chi connectivity index (χ3v) is 3.60. The van der Waals surface area contributed by atoms with E-state index < -0.39 is 0 Å². The van der Waals surface area contributed by atoms with E-state index in [1.165, 1.54) is 12.5 Å². The summed E-state index contributed by atoms with van der Waals surface area (Å²) in [4.78, 5) is 11.3. The van der Waals surface area contributed by atoms with E-state index in [0.29, 0.717) is 5.75 Å². The van der Waals surface area contributed by atoms with Gasteiger partial charge in [0.15, 0.2) is 5.75 Å². The quantitative estimate of drug-likeness (QED) is 0.680. The SMILES string of the molecule is CC(=O)Oc1c(C)n(Cc2ccccc2)c2ccccc12. The van der Waals surface area contributed by atoms with Gasteiger partial charge in [-0.15, -0.1) is 0 Å². The minimum atomic E-state index is -0.291. The Hall–Kier alpha value is -2.55. The minimum Gasteiger partial charge on any atom is -0.424 e. The number of benzene rings is 2. The number of nitrogens with zero attached hydrogens (tertiary/aromatic N) is 1. The van der Waals surface area contributed by atoms with E-state index in [4.69, 9.17) is 4.74 Å². The first-order valence-electron chi connectivity index (χ1n) is 6.97. The maximum absolute atomic E-state index is 11.3. The van der Waals surface area contributed by atoms with Gasteiger partial charge in [-0.25, -0.2) is 0 Å². The number of ether oxygens (including phenoxy) is 1. The first kappa shape index (κ1) is 13.4. The highest BCUT2D eigenvalue weighted by atomic mass is 16.5. The van der Waals surface area contributed by atoms with Crippen LogP contribution in [0.5, 0.6) is 5.75 Å². The number of carbonyl (C=O) groups is 1. The first-order valence-corrected chi connectivity index (χ1v) is 6.97. The van der Waals surface area contributed by atoms with Crippen molar-refractivity contribution in [1.29, 1.82) is 0 Å². The average molecular weight is 279 g/mol. The molecule has 0 N–H and O–H groups in total. The molecule has 3 nitrogen and oxygen atoms in total. The van der Waals surface area contributed by atoms with Gasteiger partial charge in [-0.05, 0) is 24.6 Å². The molecule has 0 aliphatic rings. The second-order valence-corrected chi connectivity index (χ2v) is 5.10. The molecule has 1 aromatic heterocycles. The summed E-state index contributed by atoms with van der Waals surface area (Å²) >= 11 is 0. The smallest absolute Gasteiger partial charge is 0.308 e. The van der Waals surface area contributed by atoms with Gasteiger partial charge in [0.25, 0.3) is 0 Å². The molecule has 0 bridgehead atoms. The summed E-state index contributed by atoms with van der Waals surface area (Å²) in [7, 11) is 0. The summed E-state index contributed by atoms with van der Waals surface area (Å²) in [6, 6.07) is 18.3. The second-order valence-electron chi connectivity index (χ2n) is 5.10. The fraction of sp³-hybridized carbons (Fsp3) is 0.167. The number of carbonyl (C=O) groups excluding carboxylic acids is 1. The fourth-order valence-electron chi connectivity index (χ4n) is 2.64. The molecule has 0 aliphatic heterocycles. The molecule has 3 heteroatoms. The van der Waals surface area contributed by atoms with Gasteiger partial charge in [-0.1, -0.05) is 42.5 Å². The highest BCUT2D eigenvalue weighted by Crippen LogP contribution is 2.33. The number of para-hydroxylation sites is 1. The largest absolute Gasteiger partial charge is 0.424 e. The van der Waals surface area contributed by atoms with Crippen molar-refractivity contribution in [2.24, 2.45) is 0 Å². The molecule has 0 amide bonds. The van der Waals surface area contributed by atoms with Crippen molar-refractivity contribution in [2.75, 3.05) is 0 Å². The van der Waals surface area contributed by atoms with E-state index >= 15 is 0 Å². The zero-order valence-corrected chi connectivity index (χ0v) is 12.2. The fourth-order valence-corrected chi connectivity index (χ4v) is 2.64. The molecule has 0 fully saturated rings. The molecule has 3 aromatic rings. The normalized spacial score (nSPS) is 10.8. The summed E-state index contributed by atoms with van der Waals surface area (Å²) in [6.07, 6.45) is 0. The van der Waals surface area contributed by atoms with Crippen LogP contribution in [0.15, 0.2) is 54.6 Å². The number of esters is 1. The van der Waals surface area contributed by atoms with Gasteiger partial charge in [-0.3, -0.25) is 4.79 Å². The molecule has 2 aromatic carbocycles. The van der Waals surface area contributed by atoms with Crippen molar-refractivity contribution < 1.29 is 9.53 Å².